The molecule has 0 fully saturated rings. The van der Waals surface area contributed by atoms with Crippen LogP contribution < -0.4 is 0 Å². The smallest absolute Gasteiger partial charge is 0.331 e. The zero-order chi connectivity index (χ0) is 17.8. The molecule has 0 aromatic rings. The van der Waals surface area contributed by atoms with Gasteiger partial charge in [-0.3, -0.25) is 0 Å². The van der Waals surface area contributed by atoms with Crippen molar-refractivity contribution in [2.24, 2.45) is 0 Å². The lowest BCUT2D eigenvalue weighted by Crippen LogP contribution is -1.99. The van der Waals surface area contributed by atoms with Crippen LogP contribution in [-0.2, 0) is 4.79 Å². The number of aliphatic carboxylic acids is 1. The molecule has 130 valence electrons. The molecule has 0 amide bonds. The van der Waals surface area contributed by atoms with Crippen LogP contribution in [0.1, 0.15) is 59.3 Å². The van der Waals surface area contributed by atoms with Crippen molar-refractivity contribution in [2.45, 2.75) is 59.3 Å². The quantitative estimate of drug-likeness (QED) is 0.419. The van der Waals surface area contributed by atoms with Gasteiger partial charge in [0.1, 0.15) is 0 Å². The van der Waals surface area contributed by atoms with Crippen LogP contribution in [0.4, 0.5) is 0 Å². The molecule has 1 aliphatic carbocycles. The number of carboxylic acid groups (broad SMARTS) is 1. The number of allylic oxidation sites excluding steroid dienone is 11. The topological polar surface area (TPSA) is 37.3 Å². The van der Waals surface area contributed by atoms with E-state index >= 15 is 0 Å². The molecule has 0 bridgehead atoms. The average molecular weight is 326 g/mol. The fourth-order valence-electron chi connectivity index (χ4n) is 2.48. The third kappa shape index (κ3) is 8.52. The largest absolute Gasteiger partial charge is 0.478 e. The highest BCUT2D eigenvalue weighted by molar-refractivity contribution is 5.86. The first kappa shape index (κ1) is 20.0. The minimum absolute atomic E-state index is 0.459. The number of carboxylic acids is 1. The minimum atomic E-state index is -0.831. The predicted molar refractivity (Wildman–Crippen MR) is 103 cm³/mol. The van der Waals surface area contributed by atoms with Gasteiger partial charge in [0.25, 0.3) is 0 Å². The van der Waals surface area contributed by atoms with E-state index < -0.39 is 5.97 Å². The first-order valence-electron chi connectivity index (χ1n) is 8.85. The number of carbonyl (C=O) groups is 1. The lowest BCUT2D eigenvalue weighted by molar-refractivity contribution is -0.132. The zero-order valence-corrected chi connectivity index (χ0v) is 15.2. The predicted octanol–water partition coefficient (Wildman–Crippen LogP) is 6.30. The van der Waals surface area contributed by atoms with Crippen LogP contribution >= 0.6 is 0 Å². The number of hydrogen-bond donors (Lipinski definition) is 1. The monoisotopic (exact) mass is 326 g/mol. The second kappa shape index (κ2) is 11.4. The Morgan fingerprint density at radius 1 is 1.12 bits per heavy atom. The minimum Gasteiger partial charge on any atom is -0.478 e. The van der Waals surface area contributed by atoms with E-state index in [2.05, 4.69) is 31.2 Å². The Kier molecular flexibility index (Phi) is 9.52. The Bertz CT molecular complexity index is 595. The van der Waals surface area contributed by atoms with Gasteiger partial charge in [0.2, 0.25) is 0 Å². The molecule has 0 saturated carbocycles. The molecule has 0 aliphatic heterocycles. The lowest BCUT2D eigenvalue weighted by atomic mass is 9.99. The Morgan fingerprint density at radius 2 is 1.88 bits per heavy atom. The van der Waals surface area contributed by atoms with E-state index in [1.54, 1.807) is 6.08 Å². The van der Waals surface area contributed by atoms with Crippen LogP contribution in [0.3, 0.4) is 0 Å². The maximum Gasteiger partial charge on any atom is 0.331 e. The third-order valence-electron chi connectivity index (χ3n) is 3.95. The van der Waals surface area contributed by atoms with E-state index in [0.29, 0.717) is 12.0 Å². The van der Waals surface area contributed by atoms with Gasteiger partial charge < -0.3 is 5.11 Å². The van der Waals surface area contributed by atoms with E-state index in [1.165, 1.54) is 36.8 Å². The summed E-state index contributed by atoms with van der Waals surface area (Å²) < 4.78 is 0. The molecule has 1 N–H and O–H groups in total. The highest BCUT2D eigenvalue weighted by Crippen LogP contribution is 2.18. The van der Waals surface area contributed by atoms with Crippen molar-refractivity contribution in [3.05, 3.63) is 70.9 Å². The van der Waals surface area contributed by atoms with Gasteiger partial charge >= 0.3 is 5.97 Å². The normalized spacial score (nSPS) is 17.6. The van der Waals surface area contributed by atoms with Gasteiger partial charge in [-0.2, -0.15) is 0 Å². The fourth-order valence-corrected chi connectivity index (χ4v) is 2.48. The maximum absolute atomic E-state index is 11.1. The van der Waals surface area contributed by atoms with Crippen molar-refractivity contribution >= 4 is 5.97 Å². The van der Waals surface area contributed by atoms with Crippen LogP contribution in [0, 0.1) is 0 Å². The van der Waals surface area contributed by atoms with Crippen molar-refractivity contribution < 1.29 is 9.90 Å². The molecule has 0 saturated heterocycles. The van der Waals surface area contributed by atoms with E-state index in [-0.39, 0.29) is 0 Å². The SMILES string of the molecule is CCCC(=CC=C(C)C=CC=C(C)C=CC1=CCCCC1)C(=O)O. The van der Waals surface area contributed by atoms with Crippen LogP contribution in [-0.4, -0.2) is 11.1 Å². The van der Waals surface area contributed by atoms with Crippen molar-refractivity contribution in [1.29, 1.82) is 0 Å². The van der Waals surface area contributed by atoms with Crippen LogP contribution in [0.25, 0.3) is 0 Å². The van der Waals surface area contributed by atoms with Gasteiger partial charge in [-0.25, -0.2) is 4.79 Å². The second-order valence-electron chi connectivity index (χ2n) is 6.29. The molecule has 0 aromatic heterocycles. The van der Waals surface area contributed by atoms with Crippen molar-refractivity contribution in [1.82, 2.24) is 0 Å². The fraction of sp³-hybridized carbons (Fsp3) is 0.409. The van der Waals surface area contributed by atoms with Gasteiger partial charge in [0.05, 0.1) is 0 Å². The first-order valence-corrected chi connectivity index (χ1v) is 8.85. The lowest BCUT2D eigenvalue weighted by Gasteiger charge is -2.07. The second-order valence-corrected chi connectivity index (χ2v) is 6.29. The van der Waals surface area contributed by atoms with E-state index in [9.17, 15) is 4.79 Å². The summed E-state index contributed by atoms with van der Waals surface area (Å²) in [4.78, 5) is 11.1. The molecule has 2 heteroatoms. The van der Waals surface area contributed by atoms with E-state index in [1.807, 2.05) is 32.1 Å². The molecular weight excluding hydrogens is 296 g/mol. The molecule has 24 heavy (non-hydrogen) atoms. The summed E-state index contributed by atoms with van der Waals surface area (Å²) in [7, 11) is 0. The van der Waals surface area contributed by atoms with Crippen LogP contribution in [0.5, 0.6) is 0 Å². The highest BCUT2D eigenvalue weighted by Gasteiger charge is 2.03. The van der Waals surface area contributed by atoms with Gasteiger partial charge in [-0.05, 0) is 46.0 Å². The molecule has 0 radical (unpaired) electrons. The van der Waals surface area contributed by atoms with Crippen LogP contribution in [0.15, 0.2) is 70.9 Å². The third-order valence-corrected chi connectivity index (χ3v) is 3.95. The van der Waals surface area contributed by atoms with Gasteiger partial charge in [-0.1, -0.05) is 78.7 Å². The highest BCUT2D eigenvalue weighted by atomic mass is 16.4. The Hall–Kier alpha value is -2.09. The molecule has 2 nitrogen and oxygen atoms in total. The Labute approximate surface area is 146 Å². The van der Waals surface area contributed by atoms with Gasteiger partial charge in [-0.15, -0.1) is 0 Å². The van der Waals surface area contributed by atoms with Crippen molar-refractivity contribution in [3.8, 4) is 0 Å². The van der Waals surface area contributed by atoms with E-state index in [0.717, 1.165) is 12.0 Å². The van der Waals surface area contributed by atoms with Crippen molar-refractivity contribution in [2.75, 3.05) is 0 Å². The summed E-state index contributed by atoms with van der Waals surface area (Å²) in [6, 6.07) is 0. The summed E-state index contributed by atoms with van der Waals surface area (Å²) in [5.41, 5.74) is 4.14. The summed E-state index contributed by atoms with van der Waals surface area (Å²) in [6.07, 6.45) is 22.8. The van der Waals surface area contributed by atoms with E-state index in [4.69, 9.17) is 5.11 Å². The summed E-state index contributed by atoms with van der Waals surface area (Å²) in [5, 5.41) is 9.10. The Balaban J connectivity index is 2.61. The number of hydrogen-bond acceptors (Lipinski definition) is 1. The molecule has 0 atom stereocenters. The molecule has 0 aromatic carbocycles. The zero-order valence-electron chi connectivity index (χ0n) is 15.2. The number of rotatable bonds is 8. The molecular formula is C22H30O2. The first-order chi connectivity index (χ1) is 11.5. The van der Waals surface area contributed by atoms with Gasteiger partial charge in [0, 0.05) is 5.57 Å². The molecule has 0 heterocycles. The average Bonchev–Trinajstić information content (AvgIpc) is 2.57. The summed E-state index contributed by atoms with van der Waals surface area (Å²) in [6.45, 7) is 6.05. The molecule has 0 spiro atoms. The molecule has 0 unspecified atom stereocenters. The standard InChI is InChI=1S/C22H30O2/c1-4-9-21(22(23)24)17-15-19(3)11-8-10-18(2)14-16-20-12-6-5-7-13-20/h8,10-12,14-17H,4-7,9,13H2,1-3H3,(H,23,24). The maximum atomic E-state index is 11.1. The van der Waals surface area contributed by atoms with Crippen LogP contribution in [0.2, 0.25) is 0 Å². The van der Waals surface area contributed by atoms with Gasteiger partial charge in [0.15, 0.2) is 0 Å². The molecule has 1 rings (SSSR count). The summed E-state index contributed by atoms with van der Waals surface area (Å²) >= 11 is 0. The molecule has 1 aliphatic rings. The summed E-state index contributed by atoms with van der Waals surface area (Å²) in [5.74, 6) is -0.831. The Morgan fingerprint density at radius 3 is 2.50 bits per heavy atom. The van der Waals surface area contributed by atoms with Crippen molar-refractivity contribution in [3.63, 3.8) is 0 Å².